The number of nitrogens with two attached hydrogens (primary N) is 1. The van der Waals surface area contributed by atoms with E-state index >= 15 is 0 Å². The second kappa shape index (κ2) is 5.95. The largest absolute Gasteiger partial charge is 0.389 e. The normalized spacial score (nSPS) is 18.4. The van der Waals surface area contributed by atoms with E-state index in [2.05, 4.69) is 0 Å². The summed E-state index contributed by atoms with van der Waals surface area (Å²) in [6, 6.07) is 0.0975. The standard InChI is InChI=1S/C10H24N2O3S/c1-9(7-10(2,13)8-11)12(3)5-6-16(4,14)15/h9,13H,5-8,11H2,1-4H3. The number of sulfone groups is 1. The van der Waals surface area contributed by atoms with Gasteiger partial charge in [0, 0.05) is 25.4 Å². The predicted octanol–water partition coefficient (Wildman–Crippen LogP) is -0.549. The Hall–Kier alpha value is -0.170. The molecule has 0 radical (unpaired) electrons. The third kappa shape index (κ3) is 7.16. The zero-order valence-electron chi connectivity index (χ0n) is 10.6. The molecule has 0 aliphatic heterocycles. The first kappa shape index (κ1) is 15.8. The molecule has 0 fully saturated rings. The van der Waals surface area contributed by atoms with Crippen LogP contribution in [0.2, 0.25) is 0 Å². The highest BCUT2D eigenvalue weighted by molar-refractivity contribution is 7.90. The van der Waals surface area contributed by atoms with Crippen molar-refractivity contribution in [1.82, 2.24) is 4.90 Å². The molecule has 0 rings (SSSR count). The lowest BCUT2D eigenvalue weighted by Gasteiger charge is -2.31. The fourth-order valence-corrected chi connectivity index (χ4v) is 2.03. The number of nitrogens with zero attached hydrogens (tertiary/aromatic N) is 1. The molecule has 0 aliphatic rings. The van der Waals surface area contributed by atoms with Gasteiger partial charge < -0.3 is 15.7 Å². The third-order valence-electron chi connectivity index (χ3n) is 2.74. The third-order valence-corrected chi connectivity index (χ3v) is 3.67. The van der Waals surface area contributed by atoms with Crippen molar-refractivity contribution >= 4 is 9.84 Å². The summed E-state index contributed by atoms with van der Waals surface area (Å²) < 4.78 is 22.0. The molecule has 0 amide bonds. The Morgan fingerprint density at radius 2 is 2.00 bits per heavy atom. The maximum Gasteiger partial charge on any atom is 0.148 e. The Balaban J connectivity index is 4.14. The molecule has 0 aromatic carbocycles. The Labute approximate surface area is 98.5 Å². The molecule has 98 valence electrons. The molecule has 0 aromatic rings. The van der Waals surface area contributed by atoms with Crippen molar-refractivity contribution < 1.29 is 13.5 Å². The number of hydrogen-bond acceptors (Lipinski definition) is 5. The molecule has 2 unspecified atom stereocenters. The molecule has 0 aromatic heterocycles. The summed E-state index contributed by atoms with van der Waals surface area (Å²) in [4.78, 5) is 1.92. The molecular weight excluding hydrogens is 228 g/mol. The Morgan fingerprint density at radius 1 is 1.50 bits per heavy atom. The van der Waals surface area contributed by atoms with Crippen LogP contribution in [0.25, 0.3) is 0 Å². The Morgan fingerprint density at radius 3 is 2.38 bits per heavy atom. The van der Waals surface area contributed by atoms with Crippen LogP contribution in [0.3, 0.4) is 0 Å². The highest BCUT2D eigenvalue weighted by Crippen LogP contribution is 2.13. The molecule has 2 atom stereocenters. The number of hydrogen-bond donors (Lipinski definition) is 2. The van der Waals surface area contributed by atoms with Crippen LogP contribution in [0.1, 0.15) is 20.3 Å². The summed E-state index contributed by atoms with van der Waals surface area (Å²) in [6.45, 7) is 4.32. The second-order valence-corrected chi connectivity index (χ2v) is 7.12. The maximum absolute atomic E-state index is 11.0. The van der Waals surface area contributed by atoms with Crippen LogP contribution < -0.4 is 5.73 Å². The molecule has 0 heterocycles. The lowest BCUT2D eigenvalue weighted by Crippen LogP contribution is -2.43. The SMILES string of the molecule is CC(CC(C)(O)CN)N(C)CCS(C)(=O)=O. The van der Waals surface area contributed by atoms with Crippen LogP contribution in [-0.2, 0) is 9.84 Å². The first-order valence-corrected chi connectivity index (χ1v) is 7.44. The fraction of sp³-hybridized carbons (Fsp3) is 1.00. The van der Waals surface area contributed by atoms with E-state index in [0.717, 1.165) is 0 Å². The summed E-state index contributed by atoms with van der Waals surface area (Å²) in [6.07, 6.45) is 1.76. The summed E-state index contributed by atoms with van der Waals surface area (Å²) in [5.74, 6) is 0.138. The van der Waals surface area contributed by atoms with E-state index in [1.54, 1.807) is 6.92 Å². The summed E-state index contributed by atoms with van der Waals surface area (Å²) in [7, 11) is -1.08. The summed E-state index contributed by atoms with van der Waals surface area (Å²) >= 11 is 0. The average Bonchev–Trinajstić information content (AvgIpc) is 2.12. The van der Waals surface area contributed by atoms with E-state index < -0.39 is 15.4 Å². The van der Waals surface area contributed by atoms with Crippen molar-refractivity contribution in [3.05, 3.63) is 0 Å². The van der Waals surface area contributed by atoms with Gasteiger partial charge in [0.05, 0.1) is 11.4 Å². The van der Waals surface area contributed by atoms with Crippen molar-refractivity contribution in [2.24, 2.45) is 5.73 Å². The Kier molecular flexibility index (Phi) is 5.89. The van der Waals surface area contributed by atoms with Crippen LogP contribution in [0.4, 0.5) is 0 Å². The van der Waals surface area contributed by atoms with E-state index in [4.69, 9.17) is 5.73 Å². The van der Waals surface area contributed by atoms with E-state index in [1.165, 1.54) is 6.26 Å². The average molecular weight is 252 g/mol. The molecule has 0 saturated carbocycles. The van der Waals surface area contributed by atoms with Gasteiger partial charge in [-0.1, -0.05) is 0 Å². The first-order valence-electron chi connectivity index (χ1n) is 5.38. The van der Waals surface area contributed by atoms with Crippen LogP contribution in [0.15, 0.2) is 0 Å². The molecular formula is C10H24N2O3S. The first-order chi connectivity index (χ1) is 7.07. The highest BCUT2D eigenvalue weighted by Gasteiger charge is 2.23. The number of rotatable bonds is 7. The lowest BCUT2D eigenvalue weighted by molar-refractivity contribution is 0.0345. The van der Waals surface area contributed by atoms with E-state index in [0.29, 0.717) is 13.0 Å². The zero-order valence-corrected chi connectivity index (χ0v) is 11.4. The molecule has 0 saturated heterocycles. The molecule has 6 heteroatoms. The molecule has 0 spiro atoms. The summed E-state index contributed by atoms with van der Waals surface area (Å²) in [5.41, 5.74) is 4.54. The topological polar surface area (TPSA) is 83.6 Å². The molecule has 16 heavy (non-hydrogen) atoms. The maximum atomic E-state index is 11.0. The van der Waals surface area contributed by atoms with Gasteiger partial charge in [0.1, 0.15) is 9.84 Å². The monoisotopic (exact) mass is 252 g/mol. The van der Waals surface area contributed by atoms with Gasteiger partial charge in [-0.2, -0.15) is 0 Å². The van der Waals surface area contributed by atoms with Crippen molar-refractivity contribution in [1.29, 1.82) is 0 Å². The highest BCUT2D eigenvalue weighted by atomic mass is 32.2. The summed E-state index contributed by atoms with van der Waals surface area (Å²) in [5, 5.41) is 9.80. The van der Waals surface area contributed by atoms with Gasteiger partial charge in [0.25, 0.3) is 0 Å². The van der Waals surface area contributed by atoms with Crippen molar-refractivity contribution in [2.45, 2.75) is 31.9 Å². The number of aliphatic hydroxyl groups is 1. The van der Waals surface area contributed by atoms with Crippen LogP contribution >= 0.6 is 0 Å². The Bertz CT molecular complexity index is 301. The van der Waals surface area contributed by atoms with Gasteiger partial charge >= 0.3 is 0 Å². The van der Waals surface area contributed by atoms with Gasteiger partial charge in [0.15, 0.2) is 0 Å². The van der Waals surface area contributed by atoms with Gasteiger partial charge in [-0.15, -0.1) is 0 Å². The molecule has 5 nitrogen and oxygen atoms in total. The van der Waals surface area contributed by atoms with Crippen molar-refractivity contribution in [3.8, 4) is 0 Å². The quantitative estimate of drug-likeness (QED) is 0.635. The lowest BCUT2D eigenvalue weighted by atomic mass is 9.97. The van der Waals surface area contributed by atoms with Crippen LogP contribution in [0.5, 0.6) is 0 Å². The predicted molar refractivity (Wildman–Crippen MR) is 66.1 cm³/mol. The minimum Gasteiger partial charge on any atom is -0.389 e. The van der Waals surface area contributed by atoms with Gasteiger partial charge in [0.2, 0.25) is 0 Å². The minimum atomic E-state index is -2.93. The van der Waals surface area contributed by atoms with Crippen LogP contribution in [0, 0.1) is 0 Å². The zero-order chi connectivity index (χ0) is 13.0. The van der Waals surface area contributed by atoms with E-state index in [9.17, 15) is 13.5 Å². The van der Waals surface area contributed by atoms with Crippen molar-refractivity contribution in [2.75, 3.05) is 32.1 Å². The second-order valence-electron chi connectivity index (χ2n) is 4.86. The van der Waals surface area contributed by atoms with Crippen molar-refractivity contribution in [3.63, 3.8) is 0 Å². The minimum absolute atomic E-state index is 0.0975. The van der Waals surface area contributed by atoms with Gasteiger partial charge in [-0.3, -0.25) is 0 Å². The fourth-order valence-electron chi connectivity index (χ4n) is 1.41. The molecule has 0 bridgehead atoms. The molecule has 0 aliphatic carbocycles. The van der Waals surface area contributed by atoms with E-state index in [1.807, 2.05) is 18.9 Å². The van der Waals surface area contributed by atoms with E-state index in [-0.39, 0.29) is 18.3 Å². The van der Waals surface area contributed by atoms with Crippen LogP contribution in [-0.4, -0.2) is 62.2 Å². The molecule has 3 N–H and O–H groups in total. The van der Waals surface area contributed by atoms with Gasteiger partial charge in [-0.05, 0) is 27.3 Å². The smallest absolute Gasteiger partial charge is 0.148 e. The van der Waals surface area contributed by atoms with Gasteiger partial charge in [-0.25, -0.2) is 8.42 Å².